The smallest absolute Gasteiger partial charge is 0.0440 e. The third-order valence-electron chi connectivity index (χ3n) is 3.65. The molecule has 1 heteroatoms. The predicted molar refractivity (Wildman–Crippen MR) is 79.9 cm³/mol. The fourth-order valence-electron chi connectivity index (χ4n) is 2.38. The summed E-state index contributed by atoms with van der Waals surface area (Å²) in [7, 11) is 2.14. The van der Waals surface area contributed by atoms with Gasteiger partial charge < -0.3 is 4.90 Å². The summed E-state index contributed by atoms with van der Waals surface area (Å²) in [5, 5.41) is 0. The second kappa shape index (κ2) is 4.85. The van der Waals surface area contributed by atoms with Crippen LogP contribution in [-0.4, -0.2) is 7.05 Å². The third-order valence-corrected chi connectivity index (χ3v) is 3.65. The molecular formula is C17H21N. The largest absolute Gasteiger partial charge is 0.344 e. The van der Waals surface area contributed by atoms with Crippen molar-refractivity contribution < 1.29 is 0 Å². The van der Waals surface area contributed by atoms with Crippen LogP contribution < -0.4 is 4.90 Å². The number of nitrogens with zero attached hydrogens (tertiary/aromatic N) is 1. The molecule has 0 bridgehead atoms. The van der Waals surface area contributed by atoms with Gasteiger partial charge in [-0.05, 0) is 62.1 Å². The molecule has 94 valence electrons. The zero-order valence-electron chi connectivity index (χ0n) is 11.9. The van der Waals surface area contributed by atoms with Gasteiger partial charge in [-0.2, -0.15) is 0 Å². The normalized spacial score (nSPS) is 10.5. The van der Waals surface area contributed by atoms with Crippen LogP contribution in [0.1, 0.15) is 22.3 Å². The van der Waals surface area contributed by atoms with Crippen LogP contribution in [0.5, 0.6) is 0 Å². The summed E-state index contributed by atoms with van der Waals surface area (Å²) >= 11 is 0. The Morgan fingerprint density at radius 2 is 1.28 bits per heavy atom. The van der Waals surface area contributed by atoms with Gasteiger partial charge >= 0.3 is 0 Å². The first-order valence-electron chi connectivity index (χ1n) is 6.38. The van der Waals surface area contributed by atoms with E-state index in [1.54, 1.807) is 0 Å². The SMILES string of the molecule is Cc1cc(C)c(N(C)c2ccccc2C)cc1C. The van der Waals surface area contributed by atoms with E-state index in [9.17, 15) is 0 Å². The number of aryl methyl sites for hydroxylation is 4. The van der Waals surface area contributed by atoms with Crippen LogP contribution in [0.2, 0.25) is 0 Å². The molecule has 0 atom stereocenters. The van der Waals surface area contributed by atoms with Crippen molar-refractivity contribution >= 4 is 11.4 Å². The molecule has 2 rings (SSSR count). The Morgan fingerprint density at radius 1 is 0.667 bits per heavy atom. The van der Waals surface area contributed by atoms with Crippen molar-refractivity contribution in [1.82, 2.24) is 0 Å². The average molecular weight is 239 g/mol. The Kier molecular flexibility index (Phi) is 3.42. The van der Waals surface area contributed by atoms with E-state index in [4.69, 9.17) is 0 Å². The van der Waals surface area contributed by atoms with Gasteiger partial charge in [-0.3, -0.25) is 0 Å². The minimum atomic E-state index is 1.27. The second-order valence-corrected chi connectivity index (χ2v) is 5.07. The quantitative estimate of drug-likeness (QED) is 0.735. The highest BCUT2D eigenvalue weighted by molar-refractivity contribution is 5.69. The average Bonchev–Trinajstić information content (AvgIpc) is 2.33. The van der Waals surface area contributed by atoms with Gasteiger partial charge in [-0.15, -0.1) is 0 Å². The molecule has 0 saturated carbocycles. The summed E-state index contributed by atoms with van der Waals surface area (Å²) in [5.74, 6) is 0. The van der Waals surface area contributed by atoms with Crippen LogP contribution in [0.4, 0.5) is 11.4 Å². The molecule has 0 amide bonds. The number of rotatable bonds is 2. The molecule has 0 radical (unpaired) electrons. The molecule has 0 aromatic heterocycles. The highest BCUT2D eigenvalue weighted by Crippen LogP contribution is 2.30. The van der Waals surface area contributed by atoms with E-state index >= 15 is 0 Å². The van der Waals surface area contributed by atoms with Gasteiger partial charge in [0.05, 0.1) is 0 Å². The van der Waals surface area contributed by atoms with Crippen molar-refractivity contribution in [3.05, 3.63) is 58.7 Å². The van der Waals surface area contributed by atoms with E-state index in [0.29, 0.717) is 0 Å². The molecule has 0 heterocycles. The van der Waals surface area contributed by atoms with Crippen molar-refractivity contribution in [3.8, 4) is 0 Å². The molecule has 1 nitrogen and oxygen atoms in total. The van der Waals surface area contributed by atoms with Crippen LogP contribution in [0, 0.1) is 27.7 Å². The lowest BCUT2D eigenvalue weighted by atomic mass is 10.0. The van der Waals surface area contributed by atoms with Gasteiger partial charge in [0.15, 0.2) is 0 Å². The maximum atomic E-state index is 2.27. The van der Waals surface area contributed by atoms with Gasteiger partial charge in [-0.25, -0.2) is 0 Å². The Bertz CT molecular complexity index is 570. The number of para-hydroxylation sites is 1. The number of anilines is 2. The van der Waals surface area contributed by atoms with Crippen molar-refractivity contribution in [2.75, 3.05) is 11.9 Å². The molecule has 0 spiro atoms. The zero-order chi connectivity index (χ0) is 13.3. The first-order chi connectivity index (χ1) is 8.50. The minimum Gasteiger partial charge on any atom is -0.344 e. The van der Waals surface area contributed by atoms with E-state index in [1.165, 1.54) is 33.6 Å². The molecule has 0 N–H and O–H groups in total. The van der Waals surface area contributed by atoms with Gasteiger partial charge in [0, 0.05) is 18.4 Å². The number of benzene rings is 2. The summed E-state index contributed by atoms with van der Waals surface area (Å²) in [6, 6.07) is 13.0. The van der Waals surface area contributed by atoms with Crippen LogP contribution in [0.3, 0.4) is 0 Å². The lowest BCUT2D eigenvalue weighted by Crippen LogP contribution is -2.12. The van der Waals surface area contributed by atoms with Crippen LogP contribution in [-0.2, 0) is 0 Å². The Morgan fingerprint density at radius 3 is 1.94 bits per heavy atom. The highest BCUT2D eigenvalue weighted by atomic mass is 15.1. The topological polar surface area (TPSA) is 3.24 Å². The van der Waals surface area contributed by atoms with Crippen molar-refractivity contribution in [1.29, 1.82) is 0 Å². The van der Waals surface area contributed by atoms with Crippen LogP contribution in [0.15, 0.2) is 36.4 Å². The molecule has 0 aliphatic rings. The van der Waals surface area contributed by atoms with Gasteiger partial charge in [0.2, 0.25) is 0 Å². The number of hydrogen-bond donors (Lipinski definition) is 0. The molecule has 2 aromatic carbocycles. The lowest BCUT2D eigenvalue weighted by Gasteiger charge is -2.24. The first-order valence-corrected chi connectivity index (χ1v) is 6.38. The van der Waals surface area contributed by atoms with Crippen LogP contribution >= 0.6 is 0 Å². The predicted octanol–water partition coefficient (Wildman–Crippen LogP) is 4.69. The summed E-state index contributed by atoms with van der Waals surface area (Å²) in [6.07, 6.45) is 0. The van der Waals surface area contributed by atoms with E-state index < -0.39 is 0 Å². The van der Waals surface area contributed by atoms with Crippen molar-refractivity contribution in [2.24, 2.45) is 0 Å². The number of hydrogen-bond acceptors (Lipinski definition) is 1. The fourth-order valence-corrected chi connectivity index (χ4v) is 2.38. The summed E-state index contributed by atoms with van der Waals surface area (Å²) < 4.78 is 0. The summed E-state index contributed by atoms with van der Waals surface area (Å²) in [4.78, 5) is 2.27. The summed E-state index contributed by atoms with van der Waals surface area (Å²) in [6.45, 7) is 8.67. The minimum absolute atomic E-state index is 1.27. The highest BCUT2D eigenvalue weighted by Gasteiger charge is 2.10. The maximum Gasteiger partial charge on any atom is 0.0440 e. The zero-order valence-corrected chi connectivity index (χ0v) is 11.9. The first kappa shape index (κ1) is 12.7. The Hall–Kier alpha value is -1.76. The molecule has 0 saturated heterocycles. The third kappa shape index (κ3) is 2.26. The van der Waals surface area contributed by atoms with Gasteiger partial charge in [0.25, 0.3) is 0 Å². The molecule has 0 aliphatic heterocycles. The Labute approximate surface area is 110 Å². The van der Waals surface area contributed by atoms with E-state index in [2.05, 4.69) is 76.0 Å². The van der Waals surface area contributed by atoms with Crippen molar-refractivity contribution in [3.63, 3.8) is 0 Å². The Balaban J connectivity index is 2.50. The molecular weight excluding hydrogens is 218 g/mol. The lowest BCUT2D eigenvalue weighted by molar-refractivity contribution is 1.15. The van der Waals surface area contributed by atoms with Gasteiger partial charge in [-0.1, -0.05) is 24.3 Å². The second-order valence-electron chi connectivity index (χ2n) is 5.07. The molecule has 18 heavy (non-hydrogen) atoms. The monoisotopic (exact) mass is 239 g/mol. The van der Waals surface area contributed by atoms with E-state index in [0.717, 1.165) is 0 Å². The van der Waals surface area contributed by atoms with E-state index in [1.807, 2.05) is 0 Å². The molecule has 0 fully saturated rings. The van der Waals surface area contributed by atoms with Gasteiger partial charge in [0.1, 0.15) is 0 Å². The fraction of sp³-hybridized carbons (Fsp3) is 0.294. The van der Waals surface area contributed by atoms with E-state index in [-0.39, 0.29) is 0 Å². The standard InChI is InChI=1S/C17H21N/c1-12-8-6-7-9-16(12)18(5)17-11-14(3)13(2)10-15(17)4/h6-11H,1-5H3. The maximum absolute atomic E-state index is 2.27. The molecule has 0 aliphatic carbocycles. The molecule has 0 unspecified atom stereocenters. The summed E-state index contributed by atoms with van der Waals surface area (Å²) in [5.41, 5.74) is 7.88. The van der Waals surface area contributed by atoms with Crippen molar-refractivity contribution in [2.45, 2.75) is 27.7 Å². The molecule has 2 aromatic rings. The van der Waals surface area contributed by atoms with Crippen LogP contribution in [0.25, 0.3) is 0 Å².